The van der Waals surface area contributed by atoms with Gasteiger partial charge in [0.05, 0.1) is 17.3 Å². The number of benzene rings is 1. The Labute approximate surface area is 187 Å². The van der Waals surface area contributed by atoms with E-state index < -0.39 is 0 Å². The molecule has 1 N–H and O–H groups in total. The Balaban J connectivity index is 1.33. The van der Waals surface area contributed by atoms with Gasteiger partial charge in [-0.15, -0.1) is 0 Å². The number of fused-ring (bicyclic) bond motifs is 1. The lowest BCUT2D eigenvalue weighted by Gasteiger charge is -2.31. The number of carbonyl (C=O) groups is 1. The number of nitrogens with one attached hydrogen (secondary N) is 1. The van der Waals surface area contributed by atoms with Crippen LogP contribution in [-0.2, 0) is 24.3 Å². The normalized spacial score (nSPS) is 22.2. The van der Waals surface area contributed by atoms with Gasteiger partial charge in [0.2, 0.25) is 5.91 Å². The van der Waals surface area contributed by atoms with E-state index in [1.165, 1.54) is 12.5 Å². The van der Waals surface area contributed by atoms with Gasteiger partial charge in [0.1, 0.15) is 11.6 Å². The van der Waals surface area contributed by atoms with Crippen molar-refractivity contribution in [2.75, 3.05) is 13.1 Å². The molecule has 32 heavy (non-hydrogen) atoms. The highest BCUT2D eigenvalue weighted by Gasteiger charge is 2.36. The van der Waals surface area contributed by atoms with E-state index in [9.17, 15) is 14.0 Å². The van der Waals surface area contributed by atoms with Crippen molar-refractivity contribution in [3.63, 3.8) is 0 Å². The molecule has 1 aliphatic carbocycles. The maximum Gasteiger partial charge on any atom is 0.255 e. The van der Waals surface area contributed by atoms with Gasteiger partial charge in [0, 0.05) is 44.1 Å². The zero-order valence-electron chi connectivity index (χ0n) is 18.5. The average molecular weight is 439 g/mol. The van der Waals surface area contributed by atoms with Gasteiger partial charge in [-0.1, -0.05) is 37.5 Å². The molecule has 2 aromatic rings. The summed E-state index contributed by atoms with van der Waals surface area (Å²) in [6, 6.07) is 6.65. The van der Waals surface area contributed by atoms with Crippen LogP contribution in [0.1, 0.15) is 73.6 Å². The standard InChI is InChI=1S/C25H31FN4O2/c26-20-10-5-4-9-18(20)15-29-14-12-21-19(16-29)24(31)28-23(27-21)22-11-6-13-30(22)25(32)17-7-2-1-3-8-17/h4-5,9-10,17,22H,1-3,6-8,11-16H2,(H,27,28,31)/t22-/m0/s1. The van der Waals surface area contributed by atoms with E-state index >= 15 is 0 Å². The van der Waals surface area contributed by atoms with Crippen LogP contribution in [0.15, 0.2) is 29.1 Å². The second kappa shape index (κ2) is 9.14. The van der Waals surface area contributed by atoms with Gasteiger partial charge < -0.3 is 9.88 Å². The first-order valence-corrected chi connectivity index (χ1v) is 12.0. The van der Waals surface area contributed by atoms with Gasteiger partial charge in [-0.2, -0.15) is 0 Å². The summed E-state index contributed by atoms with van der Waals surface area (Å²) in [5.74, 6) is 0.784. The number of aromatic amines is 1. The van der Waals surface area contributed by atoms with Crippen molar-refractivity contribution in [2.24, 2.45) is 5.92 Å². The second-order valence-corrected chi connectivity index (χ2v) is 9.45. The third-order valence-corrected chi connectivity index (χ3v) is 7.32. The summed E-state index contributed by atoms with van der Waals surface area (Å²) in [7, 11) is 0. The van der Waals surface area contributed by atoms with Crippen LogP contribution < -0.4 is 5.56 Å². The van der Waals surface area contributed by atoms with E-state index in [-0.39, 0.29) is 29.2 Å². The maximum absolute atomic E-state index is 14.0. The highest BCUT2D eigenvalue weighted by Crippen LogP contribution is 2.34. The number of carbonyl (C=O) groups excluding carboxylic acids is 1. The molecule has 1 aromatic carbocycles. The van der Waals surface area contributed by atoms with Crippen molar-refractivity contribution in [3.05, 3.63) is 63.1 Å². The Kier molecular flexibility index (Phi) is 6.09. The van der Waals surface area contributed by atoms with E-state index in [2.05, 4.69) is 9.88 Å². The lowest BCUT2D eigenvalue weighted by molar-refractivity contribution is -0.137. The molecule has 6 nitrogen and oxygen atoms in total. The summed E-state index contributed by atoms with van der Waals surface area (Å²) in [5.41, 5.74) is 2.00. The number of likely N-dealkylation sites (tertiary alicyclic amines) is 1. The molecule has 1 saturated heterocycles. The minimum atomic E-state index is -0.218. The minimum Gasteiger partial charge on any atom is -0.332 e. The fourth-order valence-corrected chi connectivity index (χ4v) is 5.56. The topological polar surface area (TPSA) is 69.3 Å². The van der Waals surface area contributed by atoms with Crippen LogP contribution in [0.3, 0.4) is 0 Å². The fraction of sp³-hybridized carbons (Fsp3) is 0.560. The predicted molar refractivity (Wildman–Crippen MR) is 119 cm³/mol. The number of amides is 1. The summed E-state index contributed by atoms with van der Waals surface area (Å²) in [4.78, 5) is 38.1. The Bertz CT molecular complexity index is 1050. The highest BCUT2D eigenvalue weighted by atomic mass is 19.1. The molecule has 1 saturated carbocycles. The molecule has 2 fully saturated rings. The zero-order valence-corrected chi connectivity index (χ0v) is 18.5. The van der Waals surface area contributed by atoms with E-state index in [4.69, 9.17) is 4.98 Å². The van der Waals surface area contributed by atoms with Crippen LogP contribution in [0, 0.1) is 11.7 Å². The van der Waals surface area contributed by atoms with Crippen LogP contribution in [0.2, 0.25) is 0 Å². The lowest BCUT2D eigenvalue weighted by Crippen LogP contribution is -2.39. The SMILES string of the molecule is O=C(C1CCCCC1)N1CCC[C@H]1c1nc2c(c(=O)[nH]1)CN(Cc1ccccc1F)CC2. The van der Waals surface area contributed by atoms with E-state index in [0.29, 0.717) is 36.5 Å². The van der Waals surface area contributed by atoms with Gasteiger partial charge in [0.15, 0.2) is 0 Å². The first kappa shape index (κ1) is 21.3. The van der Waals surface area contributed by atoms with Crippen molar-refractivity contribution in [2.45, 2.75) is 70.5 Å². The molecule has 0 spiro atoms. The molecular weight excluding hydrogens is 407 g/mol. The fourth-order valence-electron chi connectivity index (χ4n) is 5.56. The Morgan fingerprint density at radius 2 is 1.91 bits per heavy atom. The third kappa shape index (κ3) is 4.22. The molecule has 1 amide bonds. The zero-order chi connectivity index (χ0) is 22.1. The second-order valence-electron chi connectivity index (χ2n) is 9.45. The number of H-pyrrole nitrogens is 1. The van der Waals surface area contributed by atoms with E-state index in [1.54, 1.807) is 12.1 Å². The summed E-state index contributed by atoms with van der Waals surface area (Å²) >= 11 is 0. The number of aromatic nitrogens is 2. The lowest BCUT2D eigenvalue weighted by atomic mass is 9.88. The first-order valence-electron chi connectivity index (χ1n) is 12.0. The first-order chi connectivity index (χ1) is 15.6. The molecule has 1 aromatic heterocycles. The molecule has 2 aliphatic heterocycles. The molecule has 3 aliphatic rings. The van der Waals surface area contributed by atoms with E-state index in [1.807, 2.05) is 11.0 Å². The molecular formula is C25H31FN4O2. The molecule has 170 valence electrons. The summed E-state index contributed by atoms with van der Waals surface area (Å²) in [6.07, 6.45) is 7.89. The highest BCUT2D eigenvalue weighted by molar-refractivity contribution is 5.79. The van der Waals surface area contributed by atoms with Crippen LogP contribution in [0.4, 0.5) is 4.39 Å². The van der Waals surface area contributed by atoms with Gasteiger partial charge >= 0.3 is 0 Å². The molecule has 7 heteroatoms. The predicted octanol–water partition coefficient (Wildman–Crippen LogP) is 3.71. The molecule has 5 rings (SSSR count). The van der Waals surface area contributed by atoms with Crippen molar-refractivity contribution in [1.29, 1.82) is 0 Å². The van der Waals surface area contributed by atoms with Gasteiger partial charge in [-0.25, -0.2) is 9.37 Å². The molecule has 1 atom stereocenters. The smallest absolute Gasteiger partial charge is 0.255 e. The summed E-state index contributed by atoms with van der Waals surface area (Å²) in [5, 5.41) is 0. The largest absolute Gasteiger partial charge is 0.332 e. The molecule has 3 heterocycles. The Morgan fingerprint density at radius 1 is 1.09 bits per heavy atom. The number of hydrogen-bond donors (Lipinski definition) is 1. The Hall–Kier alpha value is -2.54. The number of halogens is 1. The average Bonchev–Trinajstić information content (AvgIpc) is 3.31. The molecule has 0 bridgehead atoms. The monoisotopic (exact) mass is 438 g/mol. The van der Waals surface area contributed by atoms with Crippen LogP contribution >= 0.6 is 0 Å². The van der Waals surface area contributed by atoms with Crippen LogP contribution in [0.5, 0.6) is 0 Å². The van der Waals surface area contributed by atoms with Crippen molar-refractivity contribution in [1.82, 2.24) is 19.8 Å². The minimum absolute atomic E-state index is 0.125. The Morgan fingerprint density at radius 3 is 2.72 bits per heavy atom. The van der Waals surface area contributed by atoms with Crippen molar-refractivity contribution >= 4 is 5.91 Å². The van der Waals surface area contributed by atoms with Gasteiger partial charge in [-0.3, -0.25) is 14.5 Å². The maximum atomic E-state index is 14.0. The summed E-state index contributed by atoms with van der Waals surface area (Å²) < 4.78 is 14.0. The third-order valence-electron chi connectivity index (χ3n) is 7.32. The van der Waals surface area contributed by atoms with Crippen LogP contribution in [0.25, 0.3) is 0 Å². The van der Waals surface area contributed by atoms with Crippen molar-refractivity contribution < 1.29 is 9.18 Å². The number of hydrogen-bond acceptors (Lipinski definition) is 4. The van der Waals surface area contributed by atoms with Gasteiger partial charge in [0.25, 0.3) is 5.56 Å². The van der Waals surface area contributed by atoms with Crippen molar-refractivity contribution in [3.8, 4) is 0 Å². The quantitative estimate of drug-likeness (QED) is 0.790. The van der Waals surface area contributed by atoms with Gasteiger partial charge in [-0.05, 0) is 31.7 Å². The van der Waals surface area contributed by atoms with E-state index in [0.717, 1.165) is 57.3 Å². The summed E-state index contributed by atoms with van der Waals surface area (Å²) in [6.45, 7) is 2.41. The van der Waals surface area contributed by atoms with Crippen LogP contribution in [-0.4, -0.2) is 38.8 Å². The molecule has 0 radical (unpaired) electrons. The molecule has 0 unspecified atom stereocenters. The number of rotatable bonds is 4. The number of nitrogens with zero attached hydrogens (tertiary/aromatic N) is 3.